The summed E-state index contributed by atoms with van der Waals surface area (Å²) in [6, 6.07) is 13.6. The fourth-order valence-corrected chi connectivity index (χ4v) is 2.41. The highest BCUT2D eigenvalue weighted by atomic mass is 35.5. The van der Waals surface area contributed by atoms with Crippen molar-refractivity contribution in [1.29, 1.82) is 0 Å². The number of hydrazone groups is 1. The molecule has 8 nitrogen and oxygen atoms in total. The minimum absolute atomic E-state index is 0.242. The Kier molecular flexibility index (Phi) is 7.53. The van der Waals surface area contributed by atoms with E-state index in [0.29, 0.717) is 5.56 Å². The van der Waals surface area contributed by atoms with Crippen molar-refractivity contribution in [3.8, 4) is 5.75 Å². The van der Waals surface area contributed by atoms with Crippen molar-refractivity contribution in [1.82, 2.24) is 10.7 Å². The van der Waals surface area contributed by atoms with E-state index in [0.717, 1.165) is 5.56 Å². The Morgan fingerprint density at radius 2 is 1.89 bits per heavy atom. The molecule has 4 N–H and O–H groups in total. The first-order chi connectivity index (χ1) is 13.4. The van der Waals surface area contributed by atoms with Gasteiger partial charge in [-0.15, -0.1) is 0 Å². The smallest absolute Gasteiger partial charge is 0.329 e. The van der Waals surface area contributed by atoms with Crippen LogP contribution in [-0.2, 0) is 14.4 Å². The molecule has 146 valence electrons. The number of nitrogens with two attached hydrogens (primary N) is 1. The van der Waals surface area contributed by atoms with Crippen LogP contribution in [0.3, 0.4) is 0 Å². The molecule has 0 saturated heterocycles. The fourth-order valence-electron chi connectivity index (χ4n) is 2.17. The van der Waals surface area contributed by atoms with Crippen LogP contribution >= 0.6 is 11.6 Å². The molecule has 2 aromatic rings. The van der Waals surface area contributed by atoms with Gasteiger partial charge in [0.05, 0.1) is 17.3 Å². The Labute approximate surface area is 166 Å². The minimum Gasteiger partial charge on any atom is -0.482 e. The lowest BCUT2D eigenvalue weighted by Gasteiger charge is -2.13. The maximum Gasteiger partial charge on any atom is 0.329 e. The molecule has 0 radical (unpaired) electrons. The summed E-state index contributed by atoms with van der Waals surface area (Å²) in [7, 11) is 0. The van der Waals surface area contributed by atoms with Gasteiger partial charge in [0.25, 0.3) is 5.91 Å². The summed E-state index contributed by atoms with van der Waals surface area (Å²) in [6.07, 6.45) is 1.32. The summed E-state index contributed by atoms with van der Waals surface area (Å²) >= 11 is 6.03. The van der Waals surface area contributed by atoms with Crippen molar-refractivity contribution in [3.63, 3.8) is 0 Å². The van der Waals surface area contributed by atoms with Gasteiger partial charge in [0.15, 0.2) is 6.61 Å². The molecule has 0 aliphatic carbocycles. The second-order valence-corrected chi connectivity index (χ2v) is 6.16. The quantitative estimate of drug-likeness (QED) is 0.369. The molecule has 1 atom stereocenters. The zero-order valence-electron chi connectivity index (χ0n) is 15.0. The first-order valence-corrected chi connectivity index (χ1v) is 8.64. The minimum atomic E-state index is -0.897. The van der Waals surface area contributed by atoms with E-state index in [9.17, 15) is 14.4 Å². The Morgan fingerprint density at radius 3 is 2.54 bits per heavy atom. The number of nitrogens with one attached hydrogen (secondary N) is 2. The topological polar surface area (TPSA) is 123 Å². The van der Waals surface area contributed by atoms with Gasteiger partial charge >= 0.3 is 11.8 Å². The molecular weight excluding hydrogens is 384 g/mol. The number of ether oxygens (including phenoxy) is 1. The molecule has 28 heavy (non-hydrogen) atoms. The van der Waals surface area contributed by atoms with Gasteiger partial charge in [-0.1, -0.05) is 41.9 Å². The van der Waals surface area contributed by atoms with E-state index in [2.05, 4.69) is 15.8 Å². The van der Waals surface area contributed by atoms with Gasteiger partial charge in [0, 0.05) is 0 Å². The number of primary amides is 1. The van der Waals surface area contributed by atoms with Gasteiger partial charge in [0.2, 0.25) is 0 Å². The lowest BCUT2D eigenvalue weighted by molar-refractivity contribution is -0.139. The average Bonchev–Trinajstić information content (AvgIpc) is 2.67. The third kappa shape index (κ3) is 6.40. The molecule has 9 heteroatoms. The molecule has 0 aliphatic heterocycles. The zero-order chi connectivity index (χ0) is 20.5. The van der Waals surface area contributed by atoms with Crippen molar-refractivity contribution < 1.29 is 19.1 Å². The van der Waals surface area contributed by atoms with E-state index in [-0.39, 0.29) is 23.4 Å². The van der Waals surface area contributed by atoms with Crippen LogP contribution in [0.25, 0.3) is 0 Å². The van der Waals surface area contributed by atoms with Crippen molar-refractivity contribution >= 4 is 35.5 Å². The Hall–Kier alpha value is -3.39. The number of carbonyl (C=O) groups excluding carboxylic acids is 3. The summed E-state index contributed by atoms with van der Waals surface area (Å²) < 4.78 is 5.13. The molecule has 2 aromatic carbocycles. The second-order valence-electron chi connectivity index (χ2n) is 5.75. The molecule has 0 unspecified atom stereocenters. The third-order valence-electron chi connectivity index (χ3n) is 3.56. The summed E-state index contributed by atoms with van der Waals surface area (Å²) in [5.74, 6) is -2.03. The molecule has 0 saturated carbocycles. The SMILES string of the molecule is C[C@@H](NC(=O)C(=O)N/N=C\c1ccc(OCC(N)=O)c(Cl)c1)c1ccccc1. The maximum atomic E-state index is 11.9. The first-order valence-electron chi connectivity index (χ1n) is 8.26. The predicted molar refractivity (Wildman–Crippen MR) is 105 cm³/mol. The van der Waals surface area contributed by atoms with Gasteiger partial charge in [-0.2, -0.15) is 5.10 Å². The van der Waals surface area contributed by atoms with Crippen LogP contribution in [0.2, 0.25) is 5.02 Å². The van der Waals surface area contributed by atoms with E-state index in [4.69, 9.17) is 22.1 Å². The summed E-state index contributed by atoms with van der Waals surface area (Å²) in [5, 5.41) is 6.55. The van der Waals surface area contributed by atoms with Gasteiger partial charge in [-0.05, 0) is 36.2 Å². The highest BCUT2D eigenvalue weighted by molar-refractivity contribution is 6.35. The van der Waals surface area contributed by atoms with Crippen molar-refractivity contribution in [2.45, 2.75) is 13.0 Å². The number of hydrogen-bond acceptors (Lipinski definition) is 5. The lowest BCUT2D eigenvalue weighted by Crippen LogP contribution is -2.39. The lowest BCUT2D eigenvalue weighted by atomic mass is 10.1. The summed E-state index contributed by atoms with van der Waals surface area (Å²) in [4.78, 5) is 34.5. The highest BCUT2D eigenvalue weighted by Crippen LogP contribution is 2.24. The molecule has 0 fully saturated rings. The highest BCUT2D eigenvalue weighted by Gasteiger charge is 2.16. The number of hydrogen-bond donors (Lipinski definition) is 3. The molecule has 2 rings (SSSR count). The van der Waals surface area contributed by atoms with E-state index in [1.165, 1.54) is 18.3 Å². The Bertz CT molecular complexity index is 887. The van der Waals surface area contributed by atoms with Crippen LogP contribution in [0.1, 0.15) is 24.1 Å². The van der Waals surface area contributed by atoms with Gasteiger partial charge in [0.1, 0.15) is 5.75 Å². The molecule has 3 amide bonds. The summed E-state index contributed by atoms with van der Waals surface area (Å²) in [6.45, 7) is 1.48. The number of carbonyl (C=O) groups is 3. The van der Waals surface area contributed by atoms with Crippen LogP contribution in [0.15, 0.2) is 53.6 Å². The fraction of sp³-hybridized carbons (Fsp3) is 0.158. The van der Waals surface area contributed by atoms with Crippen LogP contribution < -0.4 is 21.2 Å². The molecule has 0 bridgehead atoms. The number of amides is 3. The largest absolute Gasteiger partial charge is 0.482 e. The summed E-state index contributed by atoms with van der Waals surface area (Å²) in [5.41, 5.74) is 8.57. The molecule has 0 spiro atoms. The number of halogens is 1. The van der Waals surface area contributed by atoms with E-state index in [1.807, 2.05) is 30.3 Å². The van der Waals surface area contributed by atoms with Crippen LogP contribution in [0.5, 0.6) is 5.75 Å². The first kappa shape index (κ1) is 20.9. The molecule has 0 aromatic heterocycles. The van der Waals surface area contributed by atoms with Crippen LogP contribution in [0.4, 0.5) is 0 Å². The zero-order valence-corrected chi connectivity index (χ0v) is 15.8. The van der Waals surface area contributed by atoms with Crippen molar-refractivity contribution in [2.75, 3.05) is 6.61 Å². The number of nitrogens with zero attached hydrogens (tertiary/aromatic N) is 1. The Balaban J connectivity index is 1.87. The van der Waals surface area contributed by atoms with Gasteiger partial charge < -0.3 is 15.8 Å². The maximum absolute atomic E-state index is 11.9. The van der Waals surface area contributed by atoms with E-state index in [1.54, 1.807) is 13.0 Å². The average molecular weight is 403 g/mol. The standard InChI is InChI=1S/C19H19ClN4O4/c1-12(14-5-3-2-4-6-14)23-18(26)19(27)24-22-10-13-7-8-16(15(20)9-13)28-11-17(21)25/h2-10,12H,11H2,1H3,(H2,21,25)(H,23,26)(H,24,27)/b22-10-/t12-/m1/s1. The molecule has 0 heterocycles. The van der Waals surface area contributed by atoms with E-state index < -0.39 is 17.7 Å². The monoisotopic (exact) mass is 402 g/mol. The number of benzene rings is 2. The number of rotatable bonds is 7. The van der Waals surface area contributed by atoms with Crippen molar-refractivity contribution in [3.05, 3.63) is 64.7 Å². The predicted octanol–water partition coefficient (Wildman–Crippen LogP) is 1.53. The van der Waals surface area contributed by atoms with Gasteiger partial charge in [-0.3, -0.25) is 14.4 Å². The normalized spacial score (nSPS) is 11.6. The third-order valence-corrected chi connectivity index (χ3v) is 3.85. The van der Waals surface area contributed by atoms with Crippen molar-refractivity contribution in [2.24, 2.45) is 10.8 Å². The van der Waals surface area contributed by atoms with Crippen LogP contribution in [-0.4, -0.2) is 30.5 Å². The van der Waals surface area contributed by atoms with Crippen LogP contribution in [0, 0.1) is 0 Å². The second kappa shape index (κ2) is 10.1. The Morgan fingerprint density at radius 1 is 1.18 bits per heavy atom. The van der Waals surface area contributed by atoms with E-state index >= 15 is 0 Å². The van der Waals surface area contributed by atoms with Gasteiger partial charge in [-0.25, -0.2) is 5.43 Å². The molecule has 0 aliphatic rings. The molecular formula is C19H19ClN4O4.